The van der Waals surface area contributed by atoms with E-state index in [4.69, 9.17) is 0 Å². The summed E-state index contributed by atoms with van der Waals surface area (Å²) in [5.74, 6) is -1.56. The molecule has 0 aromatic heterocycles. The fraction of sp³-hybridized carbons (Fsp3) is 0.348. The van der Waals surface area contributed by atoms with Gasteiger partial charge in [-0.3, -0.25) is 14.4 Å². The number of carboxylic acids is 1. The number of carbonyl (C=O) groups excluding carboxylic acids is 2. The number of rotatable bonds is 6. The Kier molecular flexibility index (Phi) is 5.73. The van der Waals surface area contributed by atoms with Crippen molar-refractivity contribution in [2.75, 3.05) is 6.54 Å². The first-order chi connectivity index (χ1) is 13.6. The van der Waals surface area contributed by atoms with Crippen LogP contribution in [0.2, 0.25) is 0 Å². The molecular weight excluding hydrogens is 368 g/mol. The minimum atomic E-state index is -1.00. The van der Waals surface area contributed by atoms with Gasteiger partial charge in [0.15, 0.2) is 0 Å². The highest BCUT2D eigenvalue weighted by atomic mass is 16.4. The number of hydrogen-bond acceptors (Lipinski definition) is 3. The van der Waals surface area contributed by atoms with Crippen LogP contribution in [-0.4, -0.2) is 34.3 Å². The maximum Gasteiger partial charge on any atom is 0.305 e. The molecule has 0 bridgehead atoms. The summed E-state index contributed by atoms with van der Waals surface area (Å²) in [5, 5.41) is 12.1. The van der Waals surface area contributed by atoms with Gasteiger partial charge in [0.25, 0.3) is 5.91 Å². The van der Waals surface area contributed by atoms with E-state index in [0.717, 1.165) is 16.7 Å². The zero-order chi connectivity index (χ0) is 21.2. The molecule has 2 aromatic carbocycles. The third-order valence-corrected chi connectivity index (χ3v) is 5.12. The summed E-state index contributed by atoms with van der Waals surface area (Å²) in [5.41, 5.74) is 3.34. The van der Waals surface area contributed by atoms with Crippen LogP contribution in [0.25, 0.3) is 0 Å². The van der Waals surface area contributed by atoms with Gasteiger partial charge in [0.2, 0.25) is 5.91 Å². The molecule has 2 amide bonds. The second-order valence-corrected chi connectivity index (χ2v) is 8.41. The Balaban J connectivity index is 1.70. The lowest BCUT2D eigenvalue weighted by molar-refractivity contribution is -0.137. The van der Waals surface area contributed by atoms with Crippen LogP contribution in [0.1, 0.15) is 60.3 Å². The highest BCUT2D eigenvalue weighted by Gasteiger charge is 2.29. The summed E-state index contributed by atoms with van der Waals surface area (Å²) in [6, 6.07) is 14.2. The third kappa shape index (κ3) is 4.83. The zero-order valence-electron chi connectivity index (χ0n) is 16.9. The minimum absolute atomic E-state index is 0.0187. The average Bonchev–Trinajstić information content (AvgIpc) is 2.96. The molecular formula is C23H26N2O4. The predicted octanol–water partition coefficient (Wildman–Crippen LogP) is 3.27. The largest absolute Gasteiger partial charge is 0.481 e. The third-order valence-electron chi connectivity index (χ3n) is 5.12. The van der Waals surface area contributed by atoms with Crippen molar-refractivity contribution in [3.8, 4) is 0 Å². The Hall–Kier alpha value is -3.15. The van der Waals surface area contributed by atoms with Crippen molar-refractivity contribution in [1.82, 2.24) is 10.2 Å². The lowest BCUT2D eigenvalue weighted by Crippen LogP contribution is -2.39. The molecule has 1 aliphatic heterocycles. The summed E-state index contributed by atoms with van der Waals surface area (Å²) in [6.45, 7) is 6.58. The minimum Gasteiger partial charge on any atom is -0.481 e. The first-order valence-electron chi connectivity index (χ1n) is 9.64. The normalized spacial score (nSPS) is 14.4. The van der Waals surface area contributed by atoms with Gasteiger partial charge in [-0.05, 0) is 28.2 Å². The van der Waals surface area contributed by atoms with E-state index in [2.05, 4.69) is 26.1 Å². The monoisotopic (exact) mass is 394 g/mol. The fourth-order valence-electron chi connectivity index (χ4n) is 3.50. The number of aliphatic carboxylic acids is 1. The number of carbonyl (C=O) groups is 3. The van der Waals surface area contributed by atoms with Crippen LogP contribution in [0.15, 0.2) is 48.5 Å². The quantitative estimate of drug-likeness (QED) is 0.787. The molecule has 1 atom stereocenters. The van der Waals surface area contributed by atoms with Crippen LogP contribution in [0.5, 0.6) is 0 Å². The van der Waals surface area contributed by atoms with Crippen LogP contribution in [0.4, 0.5) is 0 Å². The molecule has 6 heteroatoms. The molecule has 1 unspecified atom stereocenters. The van der Waals surface area contributed by atoms with E-state index in [-0.39, 0.29) is 30.2 Å². The van der Waals surface area contributed by atoms with E-state index in [1.807, 2.05) is 36.4 Å². The summed E-state index contributed by atoms with van der Waals surface area (Å²) in [4.78, 5) is 37.8. The van der Waals surface area contributed by atoms with Crippen LogP contribution in [0, 0.1) is 0 Å². The van der Waals surface area contributed by atoms with Gasteiger partial charge in [-0.2, -0.15) is 0 Å². The molecule has 2 N–H and O–H groups in total. The van der Waals surface area contributed by atoms with Crippen molar-refractivity contribution in [2.45, 2.75) is 45.2 Å². The molecule has 0 saturated carbocycles. The molecule has 0 radical (unpaired) electrons. The molecule has 0 spiro atoms. The molecule has 6 nitrogen and oxygen atoms in total. The van der Waals surface area contributed by atoms with Crippen molar-refractivity contribution in [3.05, 3.63) is 70.8 Å². The second-order valence-electron chi connectivity index (χ2n) is 8.41. The molecule has 0 aliphatic carbocycles. The first-order valence-corrected chi connectivity index (χ1v) is 9.64. The van der Waals surface area contributed by atoms with Crippen molar-refractivity contribution >= 4 is 17.8 Å². The van der Waals surface area contributed by atoms with Crippen LogP contribution >= 0.6 is 0 Å². The van der Waals surface area contributed by atoms with E-state index in [1.165, 1.54) is 4.90 Å². The number of hydrogen-bond donors (Lipinski definition) is 2. The molecule has 3 rings (SSSR count). The smallest absolute Gasteiger partial charge is 0.305 e. The zero-order valence-corrected chi connectivity index (χ0v) is 16.9. The lowest BCUT2D eigenvalue weighted by Gasteiger charge is -2.23. The van der Waals surface area contributed by atoms with Crippen LogP contribution in [0.3, 0.4) is 0 Å². The van der Waals surface area contributed by atoms with Gasteiger partial charge in [-0.15, -0.1) is 0 Å². The summed E-state index contributed by atoms with van der Waals surface area (Å²) in [7, 11) is 0. The summed E-state index contributed by atoms with van der Waals surface area (Å²) < 4.78 is 0. The Morgan fingerprint density at radius 2 is 1.76 bits per heavy atom. The molecule has 0 saturated heterocycles. The van der Waals surface area contributed by atoms with Gasteiger partial charge >= 0.3 is 5.97 Å². The van der Waals surface area contributed by atoms with Crippen molar-refractivity contribution < 1.29 is 19.5 Å². The van der Waals surface area contributed by atoms with E-state index in [1.54, 1.807) is 12.1 Å². The molecule has 1 aliphatic rings. The molecule has 2 aromatic rings. The van der Waals surface area contributed by atoms with Crippen molar-refractivity contribution in [2.24, 2.45) is 0 Å². The number of carboxylic acid groups (broad SMARTS) is 1. The van der Waals surface area contributed by atoms with Crippen molar-refractivity contribution in [1.29, 1.82) is 0 Å². The number of benzene rings is 2. The predicted molar refractivity (Wildman–Crippen MR) is 109 cm³/mol. The summed E-state index contributed by atoms with van der Waals surface area (Å²) >= 11 is 0. The van der Waals surface area contributed by atoms with Gasteiger partial charge in [-0.25, -0.2) is 0 Å². The van der Waals surface area contributed by atoms with Gasteiger partial charge in [-0.1, -0.05) is 63.2 Å². The van der Waals surface area contributed by atoms with Gasteiger partial charge in [0, 0.05) is 12.1 Å². The molecule has 1 heterocycles. The number of nitrogens with one attached hydrogen (secondary N) is 1. The molecule has 29 heavy (non-hydrogen) atoms. The van der Waals surface area contributed by atoms with E-state index < -0.39 is 12.0 Å². The van der Waals surface area contributed by atoms with Gasteiger partial charge < -0.3 is 15.3 Å². The highest BCUT2D eigenvalue weighted by Crippen LogP contribution is 2.26. The maximum atomic E-state index is 12.6. The number of fused-ring (bicyclic) bond motifs is 1. The number of nitrogens with zero attached hydrogens (tertiary/aromatic N) is 1. The standard InChI is InChI=1S/C23H26N2O4/c1-23(2,3)17-10-8-15(9-11-17)19(12-21(27)28)24-20(26)14-25-13-16-6-4-5-7-18(16)22(25)29/h4-11,19H,12-14H2,1-3H3,(H,24,26)(H,27,28). The van der Waals surface area contributed by atoms with Gasteiger partial charge in [0.05, 0.1) is 12.5 Å². The van der Waals surface area contributed by atoms with Crippen molar-refractivity contribution in [3.63, 3.8) is 0 Å². The first kappa shape index (κ1) is 20.6. The van der Waals surface area contributed by atoms with Gasteiger partial charge in [0.1, 0.15) is 6.54 Å². The lowest BCUT2D eigenvalue weighted by atomic mass is 9.86. The molecule has 152 valence electrons. The van der Waals surface area contributed by atoms with E-state index in [0.29, 0.717) is 12.1 Å². The van der Waals surface area contributed by atoms with Crippen LogP contribution in [-0.2, 0) is 21.5 Å². The SMILES string of the molecule is CC(C)(C)c1ccc(C(CC(=O)O)NC(=O)CN2Cc3ccccc3C2=O)cc1. The average molecular weight is 394 g/mol. The van der Waals surface area contributed by atoms with E-state index in [9.17, 15) is 19.5 Å². The number of amides is 2. The Labute approximate surface area is 170 Å². The van der Waals surface area contributed by atoms with E-state index >= 15 is 0 Å². The molecule has 0 fully saturated rings. The Bertz CT molecular complexity index is 929. The Morgan fingerprint density at radius 1 is 1.10 bits per heavy atom. The van der Waals surface area contributed by atoms with Crippen LogP contribution < -0.4 is 5.32 Å². The fourth-order valence-corrected chi connectivity index (χ4v) is 3.50. The summed E-state index contributed by atoms with van der Waals surface area (Å²) in [6.07, 6.45) is -0.227. The Morgan fingerprint density at radius 3 is 2.34 bits per heavy atom. The second kappa shape index (κ2) is 8.07. The highest BCUT2D eigenvalue weighted by molar-refractivity contribution is 6.00. The topological polar surface area (TPSA) is 86.7 Å². The maximum absolute atomic E-state index is 12.6.